The molecule has 1 aromatic rings. The monoisotopic (exact) mass is 357 g/mol. The van der Waals surface area contributed by atoms with Gasteiger partial charge in [-0.25, -0.2) is 0 Å². The summed E-state index contributed by atoms with van der Waals surface area (Å²) in [6, 6.07) is 8.99. The second-order valence-corrected chi connectivity index (χ2v) is 8.33. The quantitative estimate of drug-likeness (QED) is 0.822. The van der Waals surface area contributed by atoms with Crippen molar-refractivity contribution in [3.8, 4) is 0 Å². The maximum absolute atomic E-state index is 12.4. The Kier molecular flexibility index (Phi) is 7.09. The lowest BCUT2D eigenvalue weighted by Crippen LogP contribution is -2.45. The highest BCUT2D eigenvalue weighted by Gasteiger charge is 2.25. The molecule has 0 aliphatic carbocycles. The Morgan fingerprint density at radius 2 is 2.04 bits per heavy atom. The molecule has 1 amide bonds. The van der Waals surface area contributed by atoms with Crippen LogP contribution in [0.3, 0.4) is 0 Å². The van der Waals surface area contributed by atoms with E-state index in [1.165, 1.54) is 24.0 Å². The molecule has 2 aliphatic rings. The molecule has 2 atom stereocenters. The summed E-state index contributed by atoms with van der Waals surface area (Å²) in [5.74, 6) is 1.38. The Labute approximate surface area is 158 Å². The summed E-state index contributed by atoms with van der Waals surface area (Å²) in [6.45, 7) is 9.80. The number of rotatable bonds is 6. The molecule has 1 aromatic carbocycles. The Morgan fingerprint density at radius 3 is 2.73 bits per heavy atom. The Bertz CT molecular complexity index is 575. The van der Waals surface area contributed by atoms with E-state index in [0.29, 0.717) is 24.3 Å². The summed E-state index contributed by atoms with van der Waals surface area (Å²) in [6.07, 6.45) is 5.32. The maximum atomic E-state index is 12.4. The number of piperidine rings is 2. The van der Waals surface area contributed by atoms with Gasteiger partial charge in [0, 0.05) is 32.1 Å². The van der Waals surface area contributed by atoms with E-state index < -0.39 is 0 Å². The number of hydrogen-bond donors (Lipinski definition) is 2. The number of hydrogen-bond acceptors (Lipinski definition) is 3. The number of carbonyl (C=O) groups excluding carboxylic acids is 1. The van der Waals surface area contributed by atoms with Crippen molar-refractivity contribution < 1.29 is 4.79 Å². The van der Waals surface area contributed by atoms with Crippen molar-refractivity contribution in [3.05, 3.63) is 35.4 Å². The van der Waals surface area contributed by atoms with Crippen molar-refractivity contribution in [2.45, 2.75) is 58.5 Å². The highest BCUT2D eigenvalue weighted by Crippen LogP contribution is 2.23. The van der Waals surface area contributed by atoms with Gasteiger partial charge in [-0.05, 0) is 68.7 Å². The van der Waals surface area contributed by atoms with E-state index >= 15 is 0 Å². The number of nitrogens with zero attached hydrogens (tertiary/aromatic N) is 1. The van der Waals surface area contributed by atoms with Crippen LogP contribution in [0, 0.1) is 18.8 Å². The van der Waals surface area contributed by atoms with Gasteiger partial charge >= 0.3 is 0 Å². The minimum atomic E-state index is 0.250. The molecule has 4 heteroatoms. The number of amides is 1. The second-order valence-electron chi connectivity index (χ2n) is 8.33. The van der Waals surface area contributed by atoms with Gasteiger partial charge in [-0.3, -0.25) is 9.69 Å². The number of carbonyl (C=O) groups is 1. The van der Waals surface area contributed by atoms with Crippen LogP contribution in [0.5, 0.6) is 0 Å². The van der Waals surface area contributed by atoms with Gasteiger partial charge in [-0.2, -0.15) is 0 Å². The van der Waals surface area contributed by atoms with Crippen molar-refractivity contribution in [2.75, 3.05) is 26.2 Å². The number of likely N-dealkylation sites (tertiary alicyclic amines) is 1. The van der Waals surface area contributed by atoms with Gasteiger partial charge in [0.2, 0.25) is 5.91 Å². The van der Waals surface area contributed by atoms with Gasteiger partial charge in [0.15, 0.2) is 0 Å². The van der Waals surface area contributed by atoms with E-state index in [1.807, 2.05) is 0 Å². The topological polar surface area (TPSA) is 44.4 Å². The van der Waals surface area contributed by atoms with E-state index in [4.69, 9.17) is 0 Å². The largest absolute Gasteiger partial charge is 0.353 e. The van der Waals surface area contributed by atoms with E-state index in [0.717, 1.165) is 45.6 Å². The molecule has 2 saturated heterocycles. The van der Waals surface area contributed by atoms with Crippen LogP contribution in [0.4, 0.5) is 0 Å². The molecule has 2 heterocycles. The van der Waals surface area contributed by atoms with Crippen LogP contribution in [-0.4, -0.2) is 43.0 Å². The molecular formula is C22H35N3O. The first-order valence-electron chi connectivity index (χ1n) is 10.4. The standard InChI is InChI=1S/C22H35N3O/c1-17-6-3-4-7-20(17)16-25-12-9-21(10-13-25)24-22(26)14-18(2)19-8-5-11-23-15-19/h3-4,6-7,18-19,21,23H,5,8-16H2,1-2H3,(H,24,26). The third-order valence-corrected chi connectivity index (χ3v) is 6.25. The first-order valence-corrected chi connectivity index (χ1v) is 10.4. The minimum absolute atomic E-state index is 0.250. The van der Waals surface area contributed by atoms with Crippen LogP contribution in [-0.2, 0) is 11.3 Å². The first kappa shape index (κ1) is 19.4. The lowest BCUT2D eigenvalue weighted by atomic mass is 9.85. The fraction of sp³-hybridized carbons (Fsp3) is 0.682. The average Bonchev–Trinajstić information content (AvgIpc) is 2.66. The van der Waals surface area contributed by atoms with Gasteiger partial charge in [0.25, 0.3) is 0 Å². The van der Waals surface area contributed by atoms with E-state index in [9.17, 15) is 4.79 Å². The van der Waals surface area contributed by atoms with Gasteiger partial charge in [0.05, 0.1) is 0 Å². The summed E-state index contributed by atoms with van der Waals surface area (Å²) in [5.41, 5.74) is 2.79. The molecule has 3 rings (SSSR count). The molecule has 2 fully saturated rings. The highest BCUT2D eigenvalue weighted by molar-refractivity contribution is 5.76. The lowest BCUT2D eigenvalue weighted by Gasteiger charge is -2.33. The summed E-state index contributed by atoms with van der Waals surface area (Å²) >= 11 is 0. The van der Waals surface area contributed by atoms with E-state index in [2.05, 4.69) is 53.6 Å². The number of nitrogens with one attached hydrogen (secondary N) is 2. The molecule has 0 aromatic heterocycles. The van der Waals surface area contributed by atoms with Crippen LogP contribution >= 0.6 is 0 Å². The van der Waals surface area contributed by atoms with Crippen molar-refractivity contribution in [1.29, 1.82) is 0 Å². The number of benzene rings is 1. The SMILES string of the molecule is Cc1ccccc1CN1CCC(NC(=O)CC(C)C2CCCNC2)CC1. The normalized spacial score (nSPS) is 23.5. The second kappa shape index (κ2) is 9.52. The molecule has 0 spiro atoms. The first-order chi connectivity index (χ1) is 12.6. The number of aryl methyl sites for hydroxylation is 1. The molecule has 0 radical (unpaired) electrons. The lowest BCUT2D eigenvalue weighted by molar-refractivity contribution is -0.123. The molecule has 144 valence electrons. The third-order valence-electron chi connectivity index (χ3n) is 6.25. The molecular weight excluding hydrogens is 322 g/mol. The maximum Gasteiger partial charge on any atom is 0.220 e. The summed E-state index contributed by atoms with van der Waals surface area (Å²) in [4.78, 5) is 15.0. The molecule has 4 nitrogen and oxygen atoms in total. The Morgan fingerprint density at radius 1 is 1.27 bits per heavy atom. The summed E-state index contributed by atoms with van der Waals surface area (Å²) in [5, 5.41) is 6.76. The summed E-state index contributed by atoms with van der Waals surface area (Å²) < 4.78 is 0. The molecule has 0 saturated carbocycles. The van der Waals surface area contributed by atoms with Crippen molar-refractivity contribution in [2.24, 2.45) is 11.8 Å². The summed E-state index contributed by atoms with van der Waals surface area (Å²) in [7, 11) is 0. The van der Waals surface area contributed by atoms with Crippen LogP contribution < -0.4 is 10.6 Å². The van der Waals surface area contributed by atoms with Crippen LogP contribution in [0.2, 0.25) is 0 Å². The van der Waals surface area contributed by atoms with Crippen molar-refractivity contribution in [3.63, 3.8) is 0 Å². The third kappa shape index (κ3) is 5.55. The van der Waals surface area contributed by atoms with Crippen molar-refractivity contribution >= 4 is 5.91 Å². The van der Waals surface area contributed by atoms with Gasteiger partial charge < -0.3 is 10.6 Å². The predicted octanol–water partition coefficient (Wildman–Crippen LogP) is 3.10. The highest BCUT2D eigenvalue weighted by atomic mass is 16.1. The minimum Gasteiger partial charge on any atom is -0.353 e. The smallest absolute Gasteiger partial charge is 0.220 e. The Balaban J connectivity index is 1.38. The van der Waals surface area contributed by atoms with E-state index in [1.54, 1.807) is 0 Å². The van der Waals surface area contributed by atoms with Gasteiger partial charge in [-0.15, -0.1) is 0 Å². The molecule has 26 heavy (non-hydrogen) atoms. The van der Waals surface area contributed by atoms with Crippen molar-refractivity contribution in [1.82, 2.24) is 15.5 Å². The average molecular weight is 358 g/mol. The zero-order valence-electron chi connectivity index (χ0n) is 16.5. The van der Waals surface area contributed by atoms with Crippen LogP contribution in [0.25, 0.3) is 0 Å². The molecule has 2 aliphatic heterocycles. The Hall–Kier alpha value is -1.39. The molecule has 0 bridgehead atoms. The fourth-order valence-electron chi connectivity index (χ4n) is 4.37. The fourth-order valence-corrected chi connectivity index (χ4v) is 4.37. The van der Waals surface area contributed by atoms with Gasteiger partial charge in [-0.1, -0.05) is 31.2 Å². The van der Waals surface area contributed by atoms with E-state index in [-0.39, 0.29) is 5.91 Å². The van der Waals surface area contributed by atoms with Crippen LogP contribution in [0.1, 0.15) is 50.2 Å². The predicted molar refractivity (Wildman–Crippen MR) is 107 cm³/mol. The van der Waals surface area contributed by atoms with Crippen LogP contribution in [0.15, 0.2) is 24.3 Å². The molecule has 2 unspecified atom stereocenters. The van der Waals surface area contributed by atoms with Gasteiger partial charge in [0.1, 0.15) is 0 Å². The zero-order valence-corrected chi connectivity index (χ0v) is 16.5. The zero-order chi connectivity index (χ0) is 18.4. The molecule has 2 N–H and O–H groups in total.